The summed E-state index contributed by atoms with van der Waals surface area (Å²) in [7, 11) is 0. The number of hydrogen-bond donors (Lipinski definition) is 1. The molecule has 1 aliphatic carbocycles. The smallest absolute Gasteiger partial charge is 0.263 e. The van der Waals surface area contributed by atoms with Crippen molar-refractivity contribution in [3.8, 4) is 11.5 Å². The number of fused-ring (bicyclic) bond motifs is 4. The van der Waals surface area contributed by atoms with Crippen LogP contribution in [0.4, 0.5) is 11.6 Å². The fourth-order valence-corrected chi connectivity index (χ4v) is 5.27. The van der Waals surface area contributed by atoms with Gasteiger partial charge in [-0.1, -0.05) is 6.92 Å². The lowest BCUT2D eigenvalue weighted by molar-refractivity contribution is 0.171. The maximum atomic E-state index is 13.3. The standard InChI is InChI=1S/C21H23N3O3S/c1-2-9-24-20(25)18-14-5-3-4-6-17(14)28-19(18)23-21(24)22-13-7-8-15-16(12-13)27-11-10-26-15/h7-8,12H,2-6,9-11H2,1H3,(H,22,23). The topological polar surface area (TPSA) is 65.4 Å². The van der Waals surface area contributed by atoms with Gasteiger partial charge in [0, 0.05) is 23.2 Å². The number of anilines is 2. The van der Waals surface area contributed by atoms with E-state index in [1.165, 1.54) is 16.9 Å². The van der Waals surface area contributed by atoms with Gasteiger partial charge in [0.25, 0.3) is 5.56 Å². The van der Waals surface area contributed by atoms with Gasteiger partial charge in [0.05, 0.1) is 5.39 Å². The SMILES string of the molecule is CCCn1c(Nc2ccc3c(c2)OCCO3)nc2sc3c(c2c1=O)CCCC3. The van der Waals surface area contributed by atoms with Crippen LogP contribution in [0, 0.1) is 0 Å². The van der Waals surface area contributed by atoms with Crippen molar-refractivity contribution in [2.24, 2.45) is 0 Å². The van der Waals surface area contributed by atoms with E-state index in [9.17, 15) is 4.79 Å². The first-order valence-corrected chi connectivity index (χ1v) is 10.8. The number of thiophene rings is 1. The largest absolute Gasteiger partial charge is 0.486 e. The van der Waals surface area contributed by atoms with E-state index in [2.05, 4.69) is 12.2 Å². The summed E-state index contributed by atoms with van der Waals surface area (Å²) in [6, 6.07) is 5.72. The Morgan fingerprint density at radius 2 is 2.00 bits per heavy atom. The number of aromatic nitrogens is 2. The van der Waals surface area contributed by atoms with Gasteiger partial charge in [0.2, 0.25) is 5.95 Å². The normalized spacial score (nSPS) is 15.5. The third-order valence-electron chi connectivity index (χ3n) is 5.32. The second kappa shape index (κ2) is 7.13. The van der Waals surface area contributed by atoms with Gasteiger partial charge in [-0.25, -0.2) is 4.98 Å². The molecule has 1 N–H and O–H groups in total. The predicted molar refractivity (Wildman–Crippen MR) is 112 cm³/mol. The Labute approximate surface area is 167 Å². The van der Waals surface area contributed by atoms with Crippen molar-refractivity contribution in [2.75, 3.05) is 18.5 Å². The molecule has 0 bridgehead atoms. The Balaban J connectivity index is 1.60. The minimum absolute atomic E-state index is 0.0753. The van der Waals surface area contributed by atoms with E-state index in [-0.39, 0.29) is 5.56 Å². The molecular weight excluding hydrogens is 374 g/mol. The van der Waals surface area contributed by atoms with Crippen LogP contribution in [0.1, 0.15) is 36.6 Å². The lowest BCUT2D eigenvalue weighted by atomic mass is 9.97. The molecule has 0 amide bonds. The first-order valence-electron chi connectivity index (χ1n) is 9.96. The minimum Gasteiger partial charge on any atom is -0.486 e. The Kier molecular flexibility index (Phi) is 4.47. The fourth-order valence-electron chi connectivity index (χ4n) is 4.02. The molecule has 0 radical (unpaired) electrons. The van der Waals surface area contributed by atoms with Crippen LogP contribution >= 0.6 is 11.3 Å². The van der Waals surface area contributed by atoms with Crippen LogP contribution in [0.5, 0.6) is 11.5 Å². The number of hydrogen-bond acceptors (Lipinski definition) is 6. The second-order valence-corrected chi connectivity index (χ2v) is 8.35. The molecule has 5 rings (SSSR count). The summed E-state index contributed by atoms with van der Waals surface area (Å²) in [5.74, 6) is 2.06. The summed E-state index contributed by atoms with van der Waals surface area (Å²) in [6.07, 6.45) is 5.28. The molecule has 0 saturated carbocycles. The average molecular weight is 398 g/mol. The highest BCUT2D eigenvalue weighted by atomic mass is 32.1. The lowest BCUT2D eigenvalue weighted by Crippen LogP contribution is -2.24. The van der Waals surface area contributed by atoms with E-state index >= 15 is 0 Å². The third-order valence-corrected chi connectivity index (χ3v) is 6.51. The Morgan fingerprint density at radius 3 is 2.86 bits per heavy atom. The van der Waals surface area contributed by atoms with Gasteiger partial charge >= 0.3 is 0 Å². The quantitative estimate of drug-likeness (QED) is 0.713. The molecule has 0 fully saturated rings. The first kappa shape index (κ1) is 17.6. The Hall–Kier alpha value is -2.54. The zero-order valence-corrected chi connectivity index (χ0v) is 16.7. The maximum Gasteiger partial charge on any atom is 0.263 e. The van der Waals surface area contributed by atoms with Crippen molar-refractivity contribution in [1.29, 1.82) is 0 Å². The van der Waals surface area contributed by atoms with Crippen molar-refractivity contribution >= 4 is 33.2 Å². The molecule has 0 saturated heterocycles. The van der Waals surface area contributed by atoms with E-state index in [4.69, 9.17) is 14.5 Å². The van der Waals surface area contributed by atoms with Gasteiger partial charge in [-0.2, -0.15) is 0 Å². The van der Waals surface area contributed by atoms with Gasteiger partial charge in [-0.05, 0) is 49.8 Å². The van der Waals surface area contributed by atoms with Crippen LogP contribution in [-0.4, -0.2) is 22.8 Å². The maximum absolute atomic E-state index is 13.3. The average Bonchev–Trinajstić information content (AvgIpc) is 3.09. The van der Waals surface area contributed by atoms with E-state index < -0.39 is 0 Å². The van der Waals surface area contributed by atoms with Crippen molar-refractivity contribution in [3.05, 3.63) is 39.0 Å². The van der Waals surface area contributed by atoms with Crippen LogP contribution in [0.15, 0.2) is 23.0 Å². The highest BCUT2D eigenvalue weighted by Gasteiger charge is 2.22. The predicted octanol–water partition coefficient (Wildman–Crippen LogP) is 4.26. The van der Waals surface area contributed by atoms with E-state index in [0.29, 0.717) is 31.5 Å². The summed E-state index contributed by atoms with van der Waals surface area (Å²) in [6.45, 7) is 3.83. The zero-order chi connectivity index (χ0) is 19.1. The molecular formula is C21H23N3O3S. The van der Waals surface area contributed by atoms with Crippen molar-refractivity contribution in [1.82, 2.24) is 9.55 Å². The lowest BCUT2D eigenvalue weighted by Gasteiger charge is -2.19. The molecule has 1 aromatic carbocycles. The van der Waals surface area contributed by atoms with Gasteiger partial charge in [-0.15, -0.1) is 11.3 Å². The fraction of sp³-hybridized carbons (Fsp3) is 0.429. The summed E-state index contributed by atoms with van der Waals surface area (Å²) in [4.78, 5) is 20.4. The number of benzene rings is 1. The van der Waals surface area contributed by atoms with Gasteiger partial charge in [0.15, 0.2) is 11.5 Å². The molecule has 1 aliphatic heterocycles. The molecule has 2 aliphatic rings. The monoisotopic (exact) mass is 397 g/mol. The molecule has 0 unspecified atom stereocenters. The number of nitrogens with one attached hydrogen (secondary N) is 1. The highest BCUT2D eigenvalue weighted by Crippen LogP contribution is 2.36. The van der Waals surface area contributed by atoms with Crippen molar-refractivity contribution in [2.45, 2.75) is 45.6 Å². The Bertz CT molecular complexity index is 1100. The van der Waals surface area contributed by atoms with E-state index in [1.54, 1.807) is 15.9 Å². The first-order chi connectivity index (χ1) is 13.7. The van der Waals surface area contributed by atoms with Crippen LogP contribution in [0.2, 0.25) is 0 Å². The van der Waals surface area contributed by atoms with Crippen LogP contribution in [0.3, 0.4) is 0 Å². The molecule has 28 heavy (non-hydrogen) atoms. The molecule has 6 nitrogen and oxygen atoms in total. The zero-order valence-electron chi connectivity index (χ0n) is 15.9. The Morgan fingerprint density at radius 1 is 1.18 bits per heavy atom. The number of nitrogens with zero attached hydrogens (tertiary/aromatic N) is 2. The van der Waals surface area contributed by atoms with Crippen LogP contribution in [0.25, 0.3) is 10.2 Å². The number of rotatable bonds is 4. The minimum atomic E-state index is 0.0753. The molecule has 3 heterocycles. The molecule has 7 heteroatoms. The van der Waals surface area contributed by atoms with Gasteiger partial charge < -0.3 is 14.8 Å². The third kappa shape index (κ3) is 2.94. The number of aryl methyl sites for hydroxylation is 2. The molecule has 2 aromatic heterocycles. The highest BCUT2D eigenvalue weighted by molar-refractivity contribution is 7.18. The summed E-state index contributed by atoms with van der Waals surface area (Å²) in [5, 5.41) is 4.18. The summed E-state index contributed by atoms with van der Waals surface area (Å²) >= 11 is 1.68. The van der Waals surface area contributed by atoms with Gasteiger partial charge in [-0.3, -0.25) is 9.36 Å². The van der Waals surface area contributed by atoms with E-state index in [1.807, 2.05) is 18.2 Å². The number of ether oxygens (including phenoxy) is 2. The molecule has 0 atom stereocenters. The van der Waals surface area contributed by atoms with E-state index in [0.717, 1.165) is 47.3 Å². The van der Waals surface area contributed by atoms with Crippen molar-refractivity contribution in [3.63, 3.8) is 0 Å². The van der Waals surface area contributed by atoms with Crippen LogP contribution in [-0.2, 0) is 19.4 Å². The summed E-state index contributed by atoms with van der Waals surface area (Å²) in [5.41, 5.74) is 2.15. The van der Waals surface area contributed by atoms with Crippen LogP contribution < -0.4 is 20.3 Å². The molecule has 146 valence electrons. The summed E-state index contributed by atoms with van der Waals surface area (Å²) < 4.78 is 13.0. The molecule has 0 spiro atoms. The second-order valence-electron chi connectivity index (χ2n) is 7.27. The van der Waals surface area contributed by atoms with Crippen molar-refractivity contribution < 1.29 is 9.47 Å². The molecule has 3 aromatic rings. The van der Waals surface area contributed by atoms with Gasteiger partial charge in [0.1, 0.15) is 18.0 Å².